The molecule has 0 atom stereocenters. The molecule has 0 bridgehead atoms. The van der Waals surface area contributed by atoms with Crippen LogP contribution in [0.3, 0.4) is 0 Å². The second-order valence-corrected chi connectivity index (χ2v) is 4.20. The summed E-state index contributed by atoms with van der Waals surface area (Å²) in [6.45, 7) is 0. The Labute approximate surface area is 88.0 Å². The number of thiazole rings is 1. The first-order chi connectivity index (χ1) is 6.27. The Morgan fingerprint density at radius 1 is 1.31 bits per heavy atom. The summed E-state index contributed by atoms with van der Waals surface area (Å²) in [5, 5.41) is 11.5. The van der Waals surface area contributed by atoms with Gasteiger partial charge in [-0.25, -0.2) is 4.98 Å². The SMILES string of the molecule is Oc1csc(-c2ccccc2Br)n1. The second kappa shape index (κ2) is 3.47. The Morgan fingerprint density at radius 2 is 2.08 bits per heavy atom. The molecule has 2 nitrogen and oxygen atoms in total. The molecule has 0 aliphatic carbocycles. The molecule has 0 unspecified atom stereocenters. The summed E-state index contributed by atoms with van der Waals surface area (Å²) < 4.78 is 0.990. The molecule has 0 aliphatic heterocycles. The first-order valence-corrected chi connectivity index (χ1v) is 5.34. The molecule has 0 saturated carbocycles. The van der Waals surface area contributed by atoms with Gasteiger partial charge in [0.2, 0.25) is 5.88 Å². The molecule has 1 heterocycles. The van der Waals surface area contributed by atoms with Crippen molar-refractivity contribution in [2.75, 3.05) is 0 Å². The molecular weight excluding hydrogens is 250 g/mol. The van der Waals surface area contributed by atoms with Crippen LogP contribution in [0.1, 0.15) is 0 Å². The number of nitrogens with zero attached hydrogens (tertiary/aromatic N) is 1. The van der Waals surface area contributed by atoms with E-state index >= 15 is 0 Å². The fourth-order valence-electron chi connectivity index (χ4n) is 1.02. The Balaban J connectivity index is 2.52. The van der Waals surface area contributed by atoms with Crippen molar-refractivity contribution < 1.29 is 5.11 Å². The maximum Gasteiger partial charge on any atom is 0.222 e. The summed E-state index contributed by atoms with van der Waals surface area (Å²) in [6, 6.07) is 7.80. The number of aromatic hydroxyl groups is 1. The highest BCUT2D eigenvalue weighted by atomic mass is 79.9. The monoisotopic (exact) mass is 255 g/mol. The molecule has 0 radical (unpaired) electrons. The summed E-state index contributed by atoms with van der Waals surface area (Å²) in [7, 11) is 0. The highest BCUT2D eigenvalue weighted by Gasteiger charge is 2.06. The minimum atomic E-state index is 0.0794. The third-order valence-electron chi connectivity index (χ3n) is 1.60. The van der Waals surface area contributed by atoms with Gasteiger partial charge in [0.15, 0.2) is 0 Å². The van der Waals surface area contributed by atoms with Crippen LogP contribution in [-0.4, -0.2) is 10.1 Å². The Kier molecular flexibility index (Phi) is 2.33. The van der Waals surface area contributed by atoms with Gasteiger partial charge in [0.05, 0.1) is 5.38 Å². The Morgan fingerprint density at radius 3 is 2.69 bits per heavy atom. The summed E-state index contributed by atoms with van der Waals surface area (Å²) in [5.41, 5.74) is 1.01. The summed E-state index contributed by atoms with van der Waals surface area (Å²) >= 11 is 4.85. The second-order valence-electron chi connectivity index (χ2n) is 2.49. The van der Waals surface area contributed by atoms with Gasteiger partial charge >= 0.3 is 0 Å². The molecule has 1 aromatic heterocycles. The lowest BCUT2D eigenvalue weighted by molar-refractivity contribution is 0.458. The van der Waals surface area contributed by atoms with Crippen LogP contribution >= 0.6 is 27.3 Å². The lowest BCUT2D eigenvalue weighted by Gasteiger charge is -1.97. The van der Waals surface area contributed by atoms with E-state index in [9.17, 15) is 0 Å². The van der Waals surface area contributed by atoms with Crippen molar-refractivity contribution in [1.82, 2.24) is 4.98 Å². The molecule has 0 saturated heterocycles. The Bertz CT molecular complexity index is 427. The van der Waals surface area contributed by atoms with E-state index in [0.29, 0.717) is 0 Å². The molecule has 0 aliphatic rings. The number of halogens is 1. The zero-order chi connectivity index (χ0) is 9.26. The first-order valence-electron chi connectivity index (χ1n) is 3.67. The average Bonchev–Trinajstić information content (AvgIpc) is 2.53. The third-order valence-corrected chi connectivity index (χ3v) is 3.15. The fourth-order valence-corrected chi connectivity index (χ4v) is 2.35. The van der Waals surface area contributed by atoms with Gasteiger partial charge in [0, 0.05) is 10.0 Å². The van der Waals surface area contributed by atoms with E-state index in [1.807, 2.05) is 24.3 Å². The molecule has 0 amide bonds. The molecule has 2 rings (SSSR count). The van der Waals surface area contributed by atoms with E-state index in [0.717, 1.165) is 15.0 Å². The van der Waals surface area contributed by atoms with E-state index in [4.69, 9.17) is 5.11 Å². The van der Waals surface area contributed by atoms with Gasteiger partial charge in [-0.15, -0.1) is 11.3 Å². The minimum absolute atomic E-state index is 0.0794. The van der Waals surface area contributed by atoms with Crippen LogP contribution in [0.25, 0.3) is 10.6 Å². The molecule has 1 aromatic carbocycles. The Hall–Kier alpha value is -0.870. The van der Waals surface area contributed by atoms with Gasteiger partial charge in [-0.1, -0.05) is 34.1 Å². The van der Waals surface area contributed by atoms with Crippen LogP contribution < -0.4 is 0 Å². The predicted octanol–water partition coefficient (Wildman–Crippen LogP) is 3.28. The average molecular weight is 256 g/mol. The van der Waals surface area contributed by atoms with Crippen LogP contribution in [-0.2, 0) is 0 Å². The minimum Gasteiger partial charge on any atom is -0.493 e. The van der Waals surface area contributed by atoms with Gasteiger partial charge in [-0.05, 0) is 6.07 Å². The van der Waals surface area contributed by atoms with Crippen molar-refractivity contribution in [3.8, 4) is 16.5 Å². The fraction of sp³-hybridized carbons (Fsp3) is 0. The number of rotatable bonds is 1. The van der Waals surface area contributed by atoms with Crippen molar-refractivity contribution in [2.45, 2.75) is 0 Å². The van der Waals surface area contributed by atoms with Gasteiger partial charge in [0.1, 0.15) is 5.01 Å². The van der Waals surface area contributed by atoms with Crippen molar-refractivity contribution in [3.63, 3.8) is 0 Å². The highest BCUT2D eigenvalue weighted by Crippen LogP contribution is 2.31. The highest BCUT2D eigenvalue weighted by molar-refractivity contribution is 9.10. The summed E-state index contributed by atoms with van der Waals surface area (Å²) in [5.74, 6) is 0.0794. The molecule has 2 aromatic rings. The number of hydrogen-bond donors (Lipinski definition) is 1. The van der Waals surface area contributed by atoms with E-state index in [1.54, 1.807) is 5.38 Å². The normalized spacial score (nSPS) is 10.2. The first kappa shape index (κ1) is 8.72. The van der Waals surface area contributed by atoms with Gasteiger partial charge in [-0.3, -0.25) is 0 Å². The van der Waals surface area contributed by atoms with Crippen molar-refractivity contribution in [1.29, 1.82) is 0 Å². The van der Waals surface area contributed by atoms with Crippen molar-refractivity contribution >= 4 is 27.3 Å². The molecule has 66 valence electrons. The predicted molar refractivity (Wildman–Crippen MR) is 56.9 cm³/mol. The number of aromatic nitrogens is 1. The van der Waals surface area contributed by atoms with Gasteiger partial charge in [0.25, 0.3) is 0 Å². The lowest BCUT2D eigenvalue weighted by Crippen LogP contribution is -1.76. The van der Waals surface area contributed by atoms with E-state index < -0.39 is 0 Å². The number of hydrogen-bond acceptors (Lipinski definition) is 3. The van der Waals surface area contributed by atoms with Crippen LogP contribution in [0, 0.1) is 0 Å². The van der Waals surface area contributed by atoms with Gasteiger partial charge in [-0.2, -0.15) is 0 Å². The summed E-state index contributed by atoms with van der Waals surface area (Å²) in [6.07, 6.45) is 0. The van der Waals surface area contributed by atoms with Crippen LogP contribution in [0.2, 0.25) is 0 Å². The standard InChI is InChI=1S/C9H6BrNOS/c10-7-4-2-1-3-6(7)9-11-8(12)5-13-9/h1-5,12H. The van der Waals surface area contributed by atoms with E-state index in [1.165, 1.54) is 11.3 Å². The van der Waals surface area contributed by atoms with E-state index in [-0.39, 0.29) is 5.88 Å². The molecule has 13 heavy (non-hydrogen) atoms. The van der Waals surface area contributed by atoms with Crippen molar-refractivity contribution in [2.24, 2.45) is 0 Å². The van der Waals surface area contributed by atoms with E-state index in [2.05, 4.69) is 20.9 Å². The molecule has 1 N–H and O–H groups in total. The third kappa shape index (κ3) is 1.73. The molecule has 0 spiro atoms. The zero-order valence-electron chi connectivity index (χ0n) is 6.57. The molecular formula is C9H6BrNOS. The number of benzene rings is 1. The maximum atomic E-state index is 9.09. The lowest BCUT2D eigenvalue weighted by atomic mass is 10.2. The van der Waals surface area contributed by atoms with Crippen LogP contribution in [0.4, 0.5) is 0 Å². The summed E-state index contributed by atoms with van der Waals surface area (Å²) in [4.78, 5) is 3.99. The molecule has 4 heteroatoms. The topological polar surface area (TPSA) is 33.1 Å². The zero-order valence-corrected chi connectivity index (χ0v) is 8.97. The maximum absolute atomic E-state index is 9.09. The molecule has 0 fully saturated rings. The smallest absolute Gasteiger partial charge is 0.222 e. The quantitative estimate of drug-likeness (QED) is 0.849. The van der Waals surface area contributed by atoms with Gasteiger partial charge < -0.3 is 5.11 Å². The van der Waals surface area contributed by atoms with Crippen molar-refractivity contribution in [3.05, 3.63) is 34.1 Å². The van der Waals surface area contributed by atoms with Crippen LogP contribution in [0.5, 0.6) is 5.88 Å². The largest absolute Gasteiger partial charge is 0.493 e. The van der Waals surface area contributed by atoms with Crippen LogP contribution in [0.15, 0.2) is 34.1 Å².